The average molecular weight is 390 g/mol. The number of fused-ring (bicyclic) bond motifs is 1. The van der Waals surface area contributed by atoms with E-state index in [1.54, 1.807) is 22.5 Å². The number of halogens is 1. The number of alkyl halides is 1. The van der Waals surface area contributed by atoms with Crippen LogP contribution in [0.4, 0.5) is 11.4 Å². The summed E-state index contributed by atoms with van der Waals surface area (Å²) in [5.41, 5.74) is 1.13. The fourth-order valence-electron chi connectivity index (χ4n) is 2.74. The topological polar surface area (TPSA) is 62.1 Å². The monoisotopic (exact) mass is 389 g/mol. The summed E-state index contributed by atoms with van der Waals surface area (Å²) in [4.78, 5) is 0.279. The van der Waals surface area contributed by atoms with Crippen LogP contribution in [0.25, 0.3) is 0 Å². The normalized spacial score (nSPS) is 22.6. The molecule has 1 fully saturated rings. The molecular formula is C13H16BrN3O2S2. The van der Waals surface area contributed by atoms with Crippen molar-refractivity contribution in [3.8, 4) is 0 Å². The lowest BCUT2D eigenvalue weighted by atomic mass is 10.1. The van der Waals surface area contributed by atoms with E-state index in [-0.39, 0.29) is 10.9 Å². The second kappa shape index (κ2) is 6.28. The third-order valence-corrected chi connectivity index (χ3v) is 7.11. The van der Waals surface area contributed by atoms with E-state index in [1.807, 2.05) is 0 Å². The molecule has 0 saturated carbocycles. The van der Waals surface area contributed by atoms with Crippen molar-refractivity contribution in [2.24, 2.45) is 8.73 Å². The van der Waals surface area contributed by atoms with Gasteiger partial charge in [0.25, 0.3) is 0 Å². The first-order chi connectivity index (χ1) is 10.1. The van der Waals surface area contributed by atoms with Crippen LogP contribution in [-0.4, -0.2) is 30.6 Å². The lowest BCUT2D eigenvalue weighted by molar-refractivity contribution is 0.348. The molecule has 114 valence electrons. The van der Waals surface area contributed by atoms with Crippen LogP contribution in [0.5, 0.6) is 0 Å². The van der Waals surface area contributed by atoms with E-state index >= 15 is 0 Å². The summed E-state index contributed by atoms with van der Waals surface area (Å²) in [5.74, 6) is 0. The summed E-state index contributed by atoms with van der Waals surface area (Å²) in [6, 6.07) is 5.18. The highest BCUT2D eigenvalue weighted by Gasteiger charge is 2.34. The van der Waals surface area contributed by atoms with Gasteiger partial charge in [0.05, 0.1) is 11.4 Å². The quantitative estimate of drug-likeness (QED) is 0.750. The zero-order chi connectivity index (χ0) is 14.9. The first kappa shape index (κ1) is 15.3. The standard InChI is InChI=1S/C13H16BrN3O2S2/c14-9-10-5-2-1-3-8-17(10)21(18,19)12-7-4-6-11-13(12)16-20-15-11/h4,6-7,10H,1-3,5,8-9H2. The smallest absolute Gasteiger partial charge is 0.207 e. The van der Waals surface area contributed by atoms with Crippen LogP contribution in [-0.2, 0) is 21.4 Å². The molecule has 3 rings (SSSR count). The van der Waals surface area contributed by atoms with Gasteiger partial charge in [-0.1, -0.05) is 34.8 Å². The Hall–Kier alpha value is -0.570. The van der Waals surface area contributed by atoms with Gasteiger partial charge in [0.15, 0.2) is 0 Å². The number of sulfonamides is 1. The van der Waals surface area contributed by atoms with Crippen molar-refractivity contribution in [2.45, 2.75) is 36.6 Å². The Kier molecular flexibility index (Phi) is 4.58. The van der Waals surface area contributed by atoms with Crippen molar-refractivity contribution in [1.82, 2.24) is 4.31 Å². The van der Waals surface area contributed by atoms with E-state index < -0.39 is 10.0 Å². The Morgan fingerprint density at radius 2 is 2.14 bits per heavy atom. The molecule has 0 aliphatic carbocycles. The maximum atomic E-state index is 13.1. The maximum Gasteiger partial charge on any atom is 0.245 e. The van der Waals surface area contributed by atoms with Gasteiger partial charge in [0, 0.05) is 17.9 Å². The van der Waals surface area contributed by atoms with Crippen LogP contribution in [0.1, 0.15) is 25.7 Å². The molecular weight excluding hydrogens is 374 g/mol. The minimum atomic E-state index is -3.54. The van der Waals surface area contributed by atoms with Gasteiger partial charge in [-0.3, -0.25) is 0 Å². The zero-order valence-electron chi connectivity index (χ0n) is 11.4. The first-order valence-corrected chi connectivity index (χ1v) is 10.2. The third-order valence-electron chi connectivity index (χ3n) is 3.84. The van der Waals surface area contributed by atoms with Crippen LogP contribution < -0.4 is 0 Å². The first-order valence-electron chi connectivity index (χ1n) is 6.93. The summed E-state index contributed by atoms with van der Waals surface area (Å²) in [6.45, 7) is 0.576. The molecule has 1 aromatic rings. The molecule has 1 aromatic carbocycles. The summed E-state index contributed by atoms with van der Waals surface area (Å²) in [5, 5.41) is 0.664. The average Bonchev–Trinajstić information content (AvgIpc) is 2.82. The fourth-order valence-corrected chi connectivity index (χ4v) is 6.05. The highest BCUT2D eigenvalue weighted by molar-refractivity contribution is 9.09. The minimum absolute atomic E-state index is 0.0133. The lowest BCUT2D eigenvalue weighted by Gasteiger charge is -2.28. The Bertz CT molecular complexity index is 714. The molecule has 1 unspecified atom stereocenters. The van der Waals surface area contributed by atoms with Crippen molar-refractivity contribution in [2.75, 3.05) is 11.9 Å². The SMILES string of the molecule is O=S(=O)(c1cccc2c1N=S=N2)N1CCCCCC1CBr. The molecule has 1 atom stereocenters. The van der Waals surface area contributed by atoms with Gasteiger partial charge in [0.1, 0.15) is 16.3 Å². The molecule has 0 spiro atoms. The molecule has 0 amide bonds. The van der Waals surface area contributed by atoms with Crippen molar-refractivity contribution in [1.29, 1.82) is 0 Å². The van der Waals surface area contributed by atoms with Gasteiger partial charge in [-0.15, -0.1) is 0 Å². The van der Waals surface area contributed by atoms with Crippen LogP contribution in [0.3, 0.4) is 0 Å². The molecule has 21 heavy (non-hydrogen) atoms. The minimum Gasteiger partial charge on any atom is -0.207 e. The number of nitrogens with zero attached hydrogens (tertiary/aromatic N) is 3. The Balaban J connectivity index is 2.04. The molecule has 0 bridgehead atoms. The van der Waals surface area contributed by atoms with Gasteiger partial charge in [0.2, 0.25) is 10.0 Å². The van der Waals surface area contributed by atoms with Gasteiger partial charge >= 0.3 is 0 Å². The van der Waals surface area contributed by atoms with Gasteiger partial charge < -0.3 is 0 Å². The molecule has 1 saturated heterocycles. The summed E-state index contributed by atoms with van der Waals surface area (Å²) in [7, 11) is -3.54. The maximum absolute atomic E-state index is 13.1. The molecule has 0 aromatic heterocycles. The van der Waals surface area contributed by atoms with E-state index in [2.05, 4.69) is 24.7 Å². The third kappa shape index (κ3) is 2.86. The van der Waals surface area contributed by atoms with Gasteiger partial charge in [-0.05, 0) is 25.0 Å². The largest absolute Gasteiger partial charge is 0.245 e. The summed E-state index contributed by atoms with van der Waals surface area (Å²) >= 11 is 4.51. The van der Waals surface area contributed by atoms with Crippen LogP contribution in [0, 0.1) is 0 Å². The Labute approximate surface area is 136 Å². The predicted molar refractivity (Wildman–Crippen MR) is 87.9 cm³/mol. The summed E-state index contributed by atoms with van der Waals surface area (Å²) in [6.07, 6.45) is 3.96. The molecule has 2 aliphatic heterocycles. The van der Waals surface area contributed by atoms with Crippen molar-refractivity contribution in [3.05, 3.63) is 18.2 Å². The van der Waals surface area contributed by atoms with Crippen LogP contribution >= 0.6 is 15.9 Å². The fraction of sp³-hybridized carbons (Fsp3) is 0.538. The van der Waals surface area contributed by atoms with E-state index in [0.717, 1.165) is 37.0 Å². The predicted octanol–water partition coefficient (Wildman–Crippen LogP) is 3.74. The molecule has 0 N–H and O–H groups in total. The highest BCUT2D eigenvalue weighted by Crippen LogP contribution is 2.39. The van der Waals surface area contributed by atoms with Crippen molar-refractivity contribution in [3.63, 3.8) is 0 Å². The molecule has 2 heterocycles. The number of hydrogen-bond acceptors (Lipinski definition) is 4. The highest BCUT2D eigenvalue weighted by atomic mass is 79.9. The van der Waals surface area contributed by atoms with E-state index in [0.29, 0.717) is 23.2 Å². The number of hydrogen-bond donors (Lipinski definition) is 0. The second-order valence-corrected chi connectivity index (χ2v) is 8.20. The van der Waals surface area contributed by atoms with Crippen LogP contribution in [0.15, 0.2) is 31.8 Å². The van der Waals surface area contributed by atoms with Crippen molar-refractivity contribution >= 4 is 48.7 Å². The van der Waals surface area contributed by atoms with Gasteiger partial charge in [-0.2, -0.15) is 13.0 Å². The van der Waals surface area contributed by atoms with Gasteiger partial charge in [-0.25, -0.2) is 8.42 Å². The van der Waals surface area contributed by atoms with E-state index in [9.17, 15) is 8.42 Å². The van der Waals surface area contributed by atoms with E-state index in [4.69, 9.17) is 0 Å². The Morgan fingerprint density at radius 3 is 2.95 bits per heavy atom. The molecule has 8 heteroatoms. The molecule has 0 radical (unpaired) electrons. The lowest BCUT2D eigenvalue weighted by Crippen LogP contribution is -2.40. The Morgan fingerprint density at radius 1 is 1.29 bits per heavy atom. The second-order valence-electron chi connectivity index (χ2n) is 5.16. The molecule has 2 aliphatic rings. The van der Waals surface area contributed by atoms with Crippen molar-refractivity contribution < 1.29 is 8.42 Å². The van der Waals surface area contributed by atoms with Crippen LogP contribution in [0.2, 0.25) is 0 Å². The van der Waals surface area contributed by atoms with E-state index in [1.165, 1.54) is 0 Å². The molecule has 5 nitrogen and oxygen atoms in total. The number of rotatable bonds is 3. The summed E-state index contributed by atoms with van der Waals surface area (Å²) < 4.78 is 36.1. The zero-order valence-corrected chi connectivity index (χ0v) is 14.6. The number of benzene rings is 1.